The van der Waals surface area contributed by atoms with Crippen LogP contribution in [-0.4, -0.2) is 23.8 Å². The van der Waals surface area contributed by atoms with Crippen molar-refractivity contribution in [3.63, 3.8) is 0 Å². The zero-order chi connectivity index (χ0) is 34.7. The molecule has 4 N–H and O–H groups in total. The van der Waals surface area contributed by atoms with E-state index in [2.05, 4.69) is 65.8 Å². The molecule has 0 bridgehead atoms. The second kappa shape index (κ2) is 17.8. The second-order valence-corrected chi connectivity index (χ2v) is 12.4. The molecule has 10 heteroatoms. The van der Waals surface area contributed by atoms with Crippen molar-refractivity contribution < 1.29 is 27.4 Å². The standard InChI is InChI=1S/C21H27FO.C16H16BrF2N3O2/c1-5-8-15(2)13-16(3)18-11-12-20(17(4)14-18)23-21-10-7-6-9-19(21)22;1-3-10(8(2)22-20)16(23)13-4-9-5-14(24-7-15(18)19)11(17)6-12(9)21-13/h6-7,9-12,14-16H,5,8,13H2,1-4H3;3-6,15,21-22H,1,7,20H2,2H3/b;10-8-. The van der Waals surface area contributed by atoms with E-state index in [4.69, 9.17) is 15.3 Å². The Labute approximate surface area is 283 Å². The van der Waals surface area contributed by atoms with Gasteiger partial charge >= 0.3 is 0 Å². The number of H-pyrrole nitrogens is 1. The van der Waals surface area contributed by atoms with E-state index >= 15 is 0 Å². The number of hydrogen-bond acceptors (Lipinski definition) is 5. The number of ketones is 1. The topological polar surface area (TPSA) is 89.4 Å². The molecule has 3 aromatic carbocycles. The summed E-state index contributed by atoms with van der Waals surface area (Å²) in [6, 6.07) is 17.6. The lowest BCUT2D eigenvalue weighted by Crippen LogP contribution is -2.22. The Morgan fingerprint density at radius 1 is 1.09 bits per heavy atom. The normalized spacial score (nSPS) is 12.9. The van der Waals surface area contributed by atoms with Crippen molar-refractivity contribution in [2.24, 2.45) is 11.8 Å². The predicted octanol–water partition coefficient (Wildman–Crippen LogP) is 10.5. The molecular weight excluding hydrogens is 671 g/mol. The molecule has 252 valence electrons. The minimum atomic E-state index is -2.57. The molecule has 0 spiro atoms. The number of rotatable bonds is 14. The predicted molar refractivity (Wildman–Crippen MR) is 187 cm³/mol. The van der Waals surface area contributed by atoms with Crippen molar-refractivity contribution in [2.75, 3.05) is 6.61 Å². The fourth-order valence-electron chi connectivity index (χ4n) is 5.25. The van der Waals surface area contributed by atoms with Crippen molar-refractivity contribution in [1.82, 2.24) is 10.4 Å². The number of Topliss-reactive ketones (excluding diaryl/α,β-unsaturated/α-hetero) is 1. The molecule has 2 unspecified atom stereocenters. The number of nitrogens with one attached hydrogen (secondary N) is 2. The highest BCUT2D eigenvalue weighted by Gasteiger charge is 2.17. The molecule has 0 aliphatic rings. The summed E-state index contributed by atoms with van der Waals surface area (Å²) in [5.74, 6) is 7.24. The number of benzene rings is 3. The van der Waals surface area contributed by atoms with Crippen LogP contribution in [0.15, 0.2) is 89.1 Å². The molecule has 0 fully saturated rings. The Kier molecular flexibility index (Phi) is 14.2. The van der Waals surface area contributed by atoms with Crippen LogP contribution in [0.25, 0.3) is 10.9 Å². The molecule has 0 radical (unpaired) electrons. The molecule has 1 aromatic heterocycles. The number of nitrogens with two attached hydrogens (primary N) is 1. The Balaban J connectivity index is 0.000000256. The summed E-state index contributed by atoms with van der Waals surface area (Å²) >= 11 is 3.26. The first-order valence-electron chi connectivity index (χ1n) is 15.5. The summed E-state index contributed by atoms with van der Waals surface area (Å²) in [5, 5.41) is 0.660. The quantitative estimate of drug-likeness (QED) is 0.0398. The van der Waals surface area contributed by atoms with Gasteiger partial charge in [0.15, 0.2) is 11.6 Å². The number of carbonyl (C=O) groups is 1. The third-order valence-corrected chi connectivity index (χ3v) is 8.33. The number of carbonyl (C=O) groups excluding carboxylic acids is 1. The summed E-state index contributed by atoms with van der Waals surface area (Å²) in [7, 11) is 0. The fraction of sp³-hybridized carbons (Fsp3) is 0.324. The minimum absolute atomic E-state index is 0.271. The highest BCUT2D eigenvalue weighted by molar-refractivity contribution is 9.10. The van der Waals surface area contributed by atoms with Crippen LogP contribution < -0.4 is 20.7 Å². The zero-order valence-electron chi connectivity index (χ0n) is 27.4. The fourth-order valence-corrected chi connectivity index (χ4v) is 5.71. The third-order valence-electron chi connectivity index (χ3n) is 7.71. The monoisotopic (exact) mass is 713 g/mol. The maximum Gasteiger partial charge on any atom is 0.272 e. The first kappa shape index (κ1) is 37.4. The van der Waals surface area contributed by atoms with Gasteiger partial charge in [-0.05, 0) is 95.6 Å². The molecular formula is C37H43BrF3N3O3. The van der Waals surface area contributed by atoms with E-state index in [0.717, 1.165) is 11.5 Å². The van der Waals surface area contributed by atoms with E-state index in [9.17, 15) is 18.0 Å². The number of aromatic nitrogens is 1. The lowest BCUT2D eigenvalue weighted by atomic mass is 9.88. The van der Waals surface area contributed by atoms with Crippen LogP contribution in [0.5, 0.6) is 17.2 Å². The average molecular weight is 715 g/mol. The highest BCUT2D eigenvalue weighted by Crippen LogP contribution is 2.33. The number of allylic oxidation sites excluding steroid dienone is 3. The SMILES string of the molecule is C=C/C(C(=O)c1cc2cc(OCC(F)F)c(Br)cc2[nH]1)=C(\C)NN.CCCC(C)CC(C)c1ccc(Oc2ccccc2F)c(C)c1. The molecule has 1 heterocycles. The molecule has 4 rings (SSSR count). The van der Waals surface area contributed by atoms with Gasteiger partial charge < -0.3 is 19.9 Å². The molecule has 6 nitrogen and oxygen atoms in total. The second-order valence-electron chi connectivity index (χ2n) is 11.6. The van der Waals surface area contributed by atoms with E-state index in [1.807, 2.05) is 13.0 Å². The average Bonchev–Trinajstić information content (AvgIpc) is 3.45. The number of para-hydroxylation sites is 1. The number of aryl methyl sites for hydroxylation is 1. The number of ether oxygens (including phenoxy) is 2. The van der Waals surface area contributed by atoms with Gasteiger partial charge in [0, 0.05) is 22.2 Å². The van der Waals surface area contributed by atoms with E-state index in [0.29, 0.717) is 44.0 Å². The summed E-state index contributed by atoms with van der Waals surface area (Å²) in [6.07, 6.45) is 2.56. The van der Waals surface area contributed by atoms with Crippen molar-refractivity contribution in [2.45, 2.75) is 66.2 Å². The molecule has 0 aliphatic carbocycles. The van der Waals surface area contributed by atoms with Crippen LogP contribution in [0.2, 0.25) is 0 Å². The van der Waals surface area contributed by atoms with Gasteiger partial charge in [-0.25, -0.2) is 13.2 Å². The van der Waals surface area contributed by atoms with Crippen molar-refractivity contribution in [3.05, 3.63) is 112 Å². The first-order chi connectivity index (χ1) is 22.4. The first-order valence-corrected chi connectivity index (χ1v) is 16.3. The summed E-state index contributed by atoms with van der Waals surface area (Å²) in [5.41, 5.74) is 6.59. The lowest BCUT2D eigenvalue weighted by molar-refractivity contribution is 0.0816. The minimum Gasteiger partial charge on any atom is -0.486 e. The smallest absolute Gasteiger partial charge is 0.272 e. The van der Waals surface area contributed by atoms with Crippen molar-refractivity contribution in [1.29, 1.82) is 0 Å². The maximum absolute atomic E-state index is 13.7. The van der Waals surface area contributed by atoms with Gasteiger partial charge in [-0.15, -0.1) is 0 Å². The van der Waals surface area contributed by atoms with Gasteiger partial charge in [0.2, 0.25) is 5.78 Å². The Hall–Kier alpha value is -4.02. The molecule has 0 aliphatic heterocycles. The third kappa shape index (κ3) is 10.5. The van der Waals surface area contributed by atoms with Gasteiger partial charge in [0.1, 0.15) is 18.1 Å². The van der Waals surface area contributed by atoms with Crippen LogP contribution in [0.1, 0.15) is 74.5 Å². The molecule has 0 saturated carbocycles. The Bertz CT molecular complexity index is 1700. The largest absolute Gasteiger partial charge is 0.486 e. The van der Waals surface area contributed by atoms with Crippen molar-refractivity contribution >= 4 is 32.6 Å². The number of fused-ring (bicyclic) bond motifs is 1. The van der Waals surface area contributed by atoms with Gasteiger partial charge in [0.05, 0.1) is 10.2 Å². The van der Waals surface area contributed by atoms with Gasteiger partial charge in [0.25, 0.3) is 6.43 Å². The Morgan fingerprint density at radius 3 is 2.43 bits per heavy atom. The van der Waals surface area contributed by atoms with Gasteiger partial charge in [-0.2, -0.15) is 0 Å². The van der Waals surface area contributed by atoms with Crippen LogP contribution in [0.4, 0.5) is 13.2 Å². The lowest BCUT2D eigenvalue weighted by Gasteiger charge is -2.18. The van der Waals surface area contributed by atoms with E-state index < -0.39 is 13.0 Å². The molecule has 4 aromatic rings. The van der Waals surface area contributed by atoms with Crippen LogP contribution in [-0.2, 0) is 0 Å². The zero-order valence-corrected chi connectivity index (χ0v) is 29.0. The number of alkyl halides is 2. The highest BCUT2D eigenvalue weighted by atomic mass is 79.9. The molecule has 2 atom stereocenters. The number of hydrogen-bond donors (Lipinski definition) is 3. The summed E-state index contributed by atoms with van der Waals surface area (Å²) < 4.78 is 49.6. The van der Waals surface area contributed by atoms with E-state index in [1.54, 1.807) is 43.3 Å². The number of aromatic amines is 1. The Morgan fingerprint density at radius 2 is 1.81 bits per heavy atom. The van der Waals surface area contributed by atoms with Gasteiger partial charge in [-0.1, -0.05) is 70.5 Å². The van der Waals surface area contributed by atoms with E-state index in [-0.39, 0.29) is 23.1 Å². The van der Waals surface area contributed by atoms with Crippen molar-refractivity contribution in [3.8, 4) is 17.2 Å². The van der Waals surface area contributed by atoms with E-state index in [1.165, 1.54) is 37.0 Å². The molecule has 0 amide bonds. The van der Waals surface area contributed by atoms with Crippen LogP contribution in [0, 0.1) is 18.7 Å². The molecule has 47 heavy (non-hydrogen) atoms. The maximum atomic E-state index is 13.7. The van der Waals surface area contributed by atoms with Crippen LogP contribution in [0.3, 0.4) is 0 Å². The number of halogens is 4. The number of hydrazine groups is 1. The van der Waals surface area contributed by atoms with Gasteiger partial charge in [-0.3, -0.25) is 10.6 Å². The van der Waals surface area contributed by atoms with Crippen LogP contribution >= 0.6 is 15.9 Å². The summed E-state index contributed by atoms with van der Waals surface area (Å²) in [6.45, 7) is 13.4. The molecule has 0 saturated heterocycles. The summed E-state index contributed by atoms with van der Waals surface area (Å²) in [4.78, 5) is 15.5.